The van der Waals surface area contributed by atoms with Crippen molar-refractivity contribution >= 4 is 11.6 Å². The maximum Gasteiger partial charge on any atom is 0.269 e. The maximum atomic E-state index is 12.8. The van der Waals surface area contributed by atoms with Crippen LogP contribution in [0.2, 0.25) is 0 Å². The van der Waals surface area contributed by atoms with Crippen LogP contribution in [-0.4, -0.2) is 55.2 Å². The van der Waals surface area contributed by atoms with E-state index >= 15 is 0 Å². The molecule has 8 nitrogen and oxygen atoms in total. The number of benzene rings is 2. The van der Waals surface area contributed by atoms with Crippen LogP contribution in [-0.2, 0) is 13.5 Å². The number of carbonyl (C=O) groups is 1. The summed E-state index contributed by atoms with van der Waals surface area (Å²) in [6.07, 6.45) is 0.172. The largest absolute Gasteiger partial charge is 0.497 e. The van der Waals surface area contributed by atoms with Crippen molar-refractivity contribution in [3.05, 3.63) is 59.3 Å². The van der Waals surface area contributed by atoms with Gasteiger partial charge in [0.2, 0.25) is 0 Å². The topological polar surface area (TPSA) is 88.9 Å². The van der Waals surface area contributed by atoms with Crippen molar-refractivity contribution in [3.8, 4) is 22.8 Å². The van der Waals surface area contributed by atoms with Crippen molar-refractivity contribution in [2.45, 2.75) is 12.5 Å². The molecule has 1 aromatic heterocycles. The number of aryl methyl sites for hydroxylation is 1. The van der Waals surface area contributed by atoms with Gasteiger partial charge < -0.3 is 24.8 Å². The third-order valence-electron chi connectivity index (χ3n) is 5.87. The number of amides is 1. The lowest BCUT2D eigenvalue weighted by Gasteiger charge is -2.15. The van der Waals surface area contributed by atoms with Crippen LogP contribution in [0.5, 0.6) is 11.5 Å². The van der Waals surface area contributed by atoms with Gasteiger partial charge in [0.1, 0.15) is 17.2 Å². The molecule has 1 amide bonds. The van der Waals surface area contributed by atoms with Gasteiger partial charge in [-0.3, -0.25) is 9.48 Å². The van der Waals surface area contributed by atoms with Gasteiger partial charge >= 0.3 is 0 Å². The SMILES string of the molecule is COc1ccc(OC)c(-c2cc(C(=O)NC[C@H](O)c3ccc4c(c3)CCN4C)n(C)n2)c1. The van der Waals surface area contributed by atoms with E-state index in [0.717, 1.165) is 24.1 Å². The number of aliphatic hydroxyl groups excluding tert-OH is 1. The van der Waals surface area contributed by atoms with E-state index in [1.54, 1.807) is 39.5 Å². The van der Waals surface area contributed by atoms with E-state index in [1.807, 2.05) is 24.3 Å². The molecular weight excluding hydrogens is 408 g/mol. The molecule has 0 unspecified atom stereocenters. The van der Waals surface area contributed by atoms with Crippen LogP contribution in [0.25, 0.3) is 11.3 Å². The summed E-state index contributed by atoms with van der Waals surface area (Å²) in [5, 5.41) is 17.9. The van der Waals surface area contributed by atoms with E-state index in [9.17, 15) is 9.90 Å². The lowest BCUT2D eigenvalue weighted by atomic mass is 10.0. The fourth-order valence-electron chi connectivity index (χ4n) is 4.02. The molecule has 3 aromatic rings. The average molecular weight is 437 g/mol. The predicted molar refractivity (Wildman–Crippen MR) is 122 cm³/mol. The Kier molecular flexibility index (Phi) is 6.05. The lowest BCUT2D eigenvalue weighted by molar-refractivity contribution is 0.0907. The smallest absolute Gasteiger partial charge is 0.269 e. The Bertz CT molecular complexity index is 1140. The van der Waals surface area contributed by atoms with Gasteiger partial charge in [0, 0.05) is 38.4 Å². The number of likely N-dealkylation sites (N-methyl/N-ethyl adjacent to an activating group) is 1. The normalized spacial score (nSPS) is 13.6. The molecule has 0 fully saturated rings. The molecule has 1 aliphatic heterocycles. The van der Waals surface area contributed by atoms with E-state index in [2.05, 4.69) is 22.4 Å². The highest BCUT2D eigenvalue weighted by Gasteiger charge is 2.20. The van der Waals surface area contributed by atoms with Crippen molar-refractivity contribution in [2.75, 3.05) is 39.3 Å². The fourth-order valence-corrected chi connectivity index (χ4v) is 4.02. The first kappa shape index (κ1) is 21.7. The Morgan fingerprint density at radius 2 is 1.97 bits per heavy atom. The van der Waals surface area contributed by atoms with Crippen LogP contribution in [0.1, 0.15) is 27.7 Å². The number of nitrogens with one attached hydrogen (secondary N) is 1. The summed E-state index contributed by atoms with van der Waals surface area (Å²) in [6, 6.07) is 13.1. The first-order chi connectivity index (χ1) is 15.4. The summed E-state index contributed by atoms with van der Waals surface area (Å²) >= 11 is 0. The third kappa shape index (κ3) is 4.13. The van der Waals surface area contributed by atoms with Gasteiger partial charge in [0.25, 0.3) is 5.91 Å². The number of aromatic nitrogens is 2. The van der Waals surface area contributed by atoms with Crippen molar-refractivity contribution in [1.82, 2.24) is 15.1 Å². The molecule has 1 atom stereocenters. The van der Waals surface area contributed by atoms with Crippen LogP contribution < -0.4 is 19.7 Å². The molecule has 2 N–H and O–H groups in total. The standard InChI is InChI=1S/C24H28N4O4/c1-27-10-9-15-11-16(5-7-20(15)27)22(29)14-25-24(30)21-13-19(26-28(21)2)18-12-17(31-3)6-8-23(18)32-4/h5-8,11-13,22,29H,9-10,14H2,1-4H3,(H,25,30)/t22-/m0/s1. The molecule has 2 heterocycles. The lowest BCUT2D eigenvalue weighted by Crippen LogP contribution is -2.29. The van der Waals surface area contributed by atoms with Crippen molar-refractivity contribution in [2.24, 2.45) is 7.05 Å². The molecular formula is C24H28N4O4. The molecule has 0 aliphatic carbocycles. The second-order valence-electron chi connectivity index (χ2n) is 7.89. The number of aliphatic hydroxyl groups is 1. The van der Waals surface area contributed by atoms with Crippen LogP contribution in [0.15, 0.2) is 42.5 Å². The quantitative estimate of drug-likeness (QED) is 0.592. The van der Waals surface area contributed by atoms with Gasteiger partial charge in [-0.25, -0.2) is 0 Å². The van der Waals surface area contributed by atoms with E-state index in [0.29, 0.717) is 22.9 Å². The fraction of sp³-hybridized carbons (Fsp3) is 0.333. The molecule has 0 spiro atoms. The second-order valence-corrected chi connectivity index (χ2v) is 7.89. The monoisotopic (exact) mass is 436 g/mol. The maximum absolute atomic E-state index is 12.8. The molecule has 0 radical (unpaired) electrons. The average Bonchev–Trinajstić information content (AvgIpc) is 3.39. The van der Waals surface area contributed by atoms with Crippen LogP contribution in [0.4, 0.5) is 5.69 Å². The Balaban J connectivity index is 1.47. The zero-order chi connectivity index (χ0) is 22.8. The van der Waals surface area contributed by atoms with Gasteiger partial charge in [0.05, 0.1) is 26.0 Å². The molecule has 2 aromatic carbocycles. The molecule has 0 saturated heterocycles. The Hall–Kier alpha value is -3.52. The highest BCUT2D eigenvalue weighted by molar-refractivity contribution is 5.94. The minimum Gasteiger partial charge on any atom is -0.497 e. The number of carbonyl (C=O) groups excluding carboxylic acids is 1. The van der Waals surface area contributed by atoms with E-state index in [4.69, 9.17) is 9.47 Å². The molecule has 0 saturated carbocycles. The zero-order valence-electron chi connectivity index (χ0n) is 18.8. The van der Waals surface area contributed by atoms with Crippen LogP contribution >= 0.6 is 0 Å². The molecule has 0 bridgehead atoms. The number of hydrogen-bond donors (Lipinski definition) is 2. The van der Waals surface area contributed by atoms with E-state index < -0.39 is 6.10 Å². The van der Waals surface area contributed by atoms with Crippen LogP contribution in [0, 0.1) is 0 Å². The number of methoxy groups -OCH3 is 2. The third-order valence-corrected chi connectivity index (χ3v) is 5.87. The molecule has 8 heteroatoms. The highest BCUT2D eigenvalue weighted by Crippen LogP contribution is 2.33. The van der Waals surface area contributed by atoms with Gasteiger partial charge in [-0.05, 0) is 47.9 Å². The number of rotatable bonds is 7. The molecule has 1 aliphatic rings. The number of nitrogens with zero attached hydrogens (tertiary/aromatic N) is 3. The molecule has 4 rings (SSSR count). The molecule has 168 valence electrons. The van der Waals surface area contributed by atoms with Crippen LogP contribution in [0.3, 0.4) is 0 Å². The zero-order valence-corrected chi connectivity index (χ0v) is 18.8. The number of fused-ring (bicyclic) bond motifs is 1. The highest BCUT2D eigenvalue weighted by atomic mass is 16.5. The van der Waals surface area contributed by atoms with Gasteiger partial charge in [0.15, 0.2) is 0 Å². The summed E-state index contributed by atoms with van der Waals surface area (Å²) in [4.78, 5) is 15.0. The van der Waals surface area contributed by atoms with Crippen molar-refractivity contribution < 1.29 is 19.4 Å². The minimum atomic E-state index is -0.790. The summed E-state index contributed by atoms with van der Waals surface area (Å²) in [5.74, 6) is 0.989. The molecule has 32 heavy (non-hydrogen) atoms. The van der Waals surface area contributed by atoms with E-state index in [-0.39, 0.29) is 12.5 Å². The van der Waals surface area contributed by atoms with Crippen molar-refractivity contribution in [3.63, 3.8) is 0 Å². The number of ether oxygens (including phenoxy) is 2. The number of anilines is 1. The first-order valence-corrected chi connectivity index (χ1v) is 10.5. The number of hydrogen-bond acceptors (Lipinski definition) is 6. The van der Waals surface area contributed by atoms with E-state index in [1.165, 1.54) is 15.9 Å². The summed E-state index contributed by atoms with van der Waals surface area (Å²) < 4.78 is 12.2. The minimum absolute atomic E-state index is 0.108. The van der Waals surface area contributed by atoms with Crippen molar-refractivity contribution in [1.29, 1.82) is 0 Å². The predicted octanol–water partition coefficient (Wildman–Crippen LogP) is 2.56. The Morgan fingerprint density at radius 1 is 1.16 bits per heavy atom. The summed E-state index contributed by atoms with van der Waals surface area (Å²) in [7, 11) is 6.94. The van der Waals surface area contributed by atoms with Gasteiger partial charge in [-0.2, -0.15) is 5.10 Å². The van der Waals surface area contributed by atoms with Gasteiger partial charge in [-0.15, -0.1) is 0 Å². The summed E-state index contributed by atoms with van der Waals surface area (Å²) in [5.41, 5.74) is 4.92. The Morgan fingerprint density at radius 3 is 2.72 bits per heavy atom. The Labute approximate surface area is 187 Å². The van der Waals surface area contributed by atoms with Gasteiger partial charge in [-0.1, -0.05) is 12.1 Å². The second kappa shape index (κ2) is 8.92. The summed E-state index contributed by atoms with van der Waals surface area (Å²) in [6.45, 7) is 1.09. The first-order valence-electron chi connectivity index (χ1n) is 10.5.